The topological polar surface area (TPSA) is 96.4 Å². The number of aromatic nitrogens is 2. The number of alkyl halides is 3. The molecule has 1 aromatic heterocycles. The van der Waals surface area contributed by atoms with Crippen LogP contribution in [-0.4, -0.2) is 58.2 Å². The third kappa shape index (κ3) is 5.73. The number of carbonyl (C=O) groups excluding carboxylic acids is 2. The molecule has 2 heterocycles. The highest BCUT2D eigenvalue weighted by Gasteiger charge is 2.42. The zero-order valence-corrected chi connectivity index (χ0v) is 18.8. The van der Waals surface area contributed by atoms with Crippen molar-refractivity contribution in [3.05, 3.63) is 70.6 Å². The van der Waals surface area contributed by atoms with Crippen molar-refractivity contribution in [1.82, 2.24) is 19.8 Å². The molecule has 35 heavy (non-hydrogen) atoms. The maximum atomic E-state index is 13.1. The van der Waals surface area contributed by atoms with Crippen molar-refractivity contribution in [2.75, 3.05) is 19.7 Å². The molecule has 0 radical (unpaired) electrons. The van der Waals surface area contributed by atoms with Crippen LogP contribution in [0.2, 0.25) is 0 Å². The Hall–Kier alpha value is -3.60. The lowest BCUT2D eigenvalue weighted by Gasteiger charge is -2.34. The van der Waals surface area contributed by atoms with Crippen molar-refractivity contribution in [3.63, 3.8) is 0 Å². The lowest BCUT2D eigenvalue weighted by atomic mass is 10.0. The van der Waals surface area contributed by atoms with Gasteiger partial charge < -0.3 is 19.9 Å². The first-order valence-corrected chi connectivity index (χ1v) is 11.2. The highest BCUT2D eigenvalue weighted by molar-refractivity contribution is 5.90. The molecule has 1 aliphatic rings. The SMILES string of the molecule is O=C(C(COCc1ccccc1)NC(=O)C(F)(F)F)N1CCC(n2c(=O)[nH]c3ccccc32)CC1. The Morgan fingerprint density at radius 3 is 2.40 bits per heavy atom. The Bertz CT molecular complexity index is 1230. The number of likely N-dealkylation sites (tertiary alicyclic amines) is 1. The van der Waals surface area contributed by atoms with E-state index in [-0.39, 0.29) is 31.4 Å². The van der Waals surface area contributed by atoms with Crippen LogP contribution < -0.4 is 11.0 Å². The van der Waals surface area contributed by atoms with E-state index in [1.165, 1.54) is 4.90 Å². The summed E-state index contributed by atoms with van der Waals surface area (Å²) in [7, 11) is 0. The third-order valence-corrected chi connectivity index (χ3v) is 6.02. The largest absolute Gasteiger partial charge is 0.471 e. The number of benzene rings is 2. The van der Waals surface area contributed by atoms with Gasteiger partial charge in [-0.15, -0.1) is 0 Å². The summed E-state index contributed by atoms with van der Waals surface area (Å²) in [5.41, 5.74) is 2.00. The Morgan fingerprint density at radius 1 is 1.06 bits per heavy atom. The molecule has 1 fully saturated rings. The van der Waals surface area contributed by atoms with Crippen molar-refractivity contribution >= 4 is 22.8 Å². The fraction of sp³-hybridized carbons (Fsp3) is 0.375. The van der Waals surface area contributed by atoms with E-state index in [4.69, 9.17) is 4.74 Å². The number of aromatic amines is 1. The van der Waals surface area contributed by atoms with E-state index in [1.807, 2.05) is 24.3 Å². The monoisotopic (exact) mass is 490 g/mol. The third-order valence-electron chi connectivity index (χ3n) is 6.02. The molecule has 2 N–H and O–H groups in total. The number of para-hydroxylation sites is 2. The van der Waals surface area contributed by atoms with Gasteiger partial charge >= 0.3 is 17.8 Å². The number of halogens is 3. The molecule has 0 saturated carbocycles. The smallest absolute Gasteiger partial charge is 0.374 e. The van der Waals surface area contributed by atoms with Crippen LogP contribution in [0.5, 0.6) is 0 Å². The molecule has 11 heteroatoms. The van der Waals surface area contributed by atoms with Gasteiger partial charge in [-0.1, -0.05) is 42.5 Å². The van der Waals surface area contributed by atoms with E-state index in [0.717, 1.165) is 11.1 Å². The summed E-state index contributed by atoms with van der Waals surface area (Å²) in [5, 5.41) is 1.77. The fourth-order valence-corrected chi connectivity index (χ4v) is 4.29. The second-order valence-corrected chi connectivity index (χ2v) is 8.40. The van der Waals surface area contributed by atoms with Crippen molar-refractivity contribution in [1.29, 1.82) is 0 Å². The minimum absolute atomic E-state index is 0.0814. The molecule has 0 aliphatic carbocycles. The Kier molecular flexibility index (Phi) is 7.25. The van der Waals surface area contributed by atoms with Crippen molar-refractivity contribution in [3.8, 4) is 0 Å². The number of hydrogen-bond acceptors (Lipinski definition) is 4. The van der Waals surface area contributed by atoms with Gasteiger partial charge in [0.15, 0.2) is 0 Å². The number of piperidine rings is 1. The number of nitrogens with zero attached hydrogens (tertiary/aromatic N) is 2. The number of imidazole rings is 1. The number of ether oxygens (including phenoxy) is 1. The zero-order chi connectivity index (χ0) is 25.0. The van der Waals surface area contributed by atoms with Crippen LogP contribution in [0.4, 0.5) is 13.2 Å². The first-order chi connectivity index (χ1) is 16.7. The molecule has 8 nitrogen and oxygen atoms in total. The second-order valence-electron chi connectivity index (χ2n) is 8.40. The Labute approximate surface area is 198 Å². The standard InChI is InChI=1S/C24H25F3N4O4/c25-24(26,27)22(33)28-19(15-35-14-16-6-2-1-3-7-16)21(32)30-12-10-17(11-13-30)31-20-9-5-4-8-18(20)29-23(31)34/h1-9,17,19H,10-15H2,(H,28,33)(H,29,34). The van der Waals surface area contributed by atoms with Gasteiger partial charge in [0.2, 0.25) is 5.91 Å². The Morgan fingerprint density at radius 2 is 1.71 bits per heavy atom. The predicted molar refractivity (Wildman–Crippen MR) is 121 cm³/mol. The van der Waals surface area contributed by atoms with Gasteiger partial charge in [-0.05, 0) is 30.5 Å². The lowest BCUT2D eigenvalue weighted by Crippen LogP contribution is -2.55. The van der Waals surface area contributed by atoms with Crippen LogP contribution >= 0.6 is 0 Å². The number of carbonyl (C=O) groups is 2. The van der Waals surface area contributed by atoms with Crippen LogP contribution in [0, 0.1) is 0 Å². The van der Waals surface area contributed by atoms with Gasteiger partial charge in [-0.25, -0.2) is 4.79 Å². The van der Waals surface area contributed by atoms with Crippen LogP contribution in [0.3, 0.4) is 0 Å². The summed E-state index contributed by atoms with van der Waals surface area (Å²) >= 11 is 0. The molecule has 1 saturated heterocycles. The maximum absolute atomic E-state index is 13.1. The second kappa shape index (κ2) is 10.3. The van der Waals surface area contributed by atoms with Gasteiger partial charge in [-0.2, -0.15) is 13.2 Å². The molecule has 4 rings (SSSR count). The average molecular weight is 490 g/mol. The summed E-state index contributed by atoms with van der Waals surface area (Å²) in [6, 6.07) is 14.6. The molecule has 0 spiro atoms. The van der Waals surface area contributed by atoms with E-state index < -0.39 is 30.6 Å². The van der Waals surface area contributed by atoms with Crippen molar-refractivity contribution < 1.29 is 27.5 Å². The van der Waals surface area contributed by atoms with Crippen LogP contribution in [-0.2, 0) is 20.9 Å². The number of amides is 2. The van der Waals surface area contributed by atoms with Crippen molar-refractivity contribution in [2.24, 2.45) is 0 Å². The number of rotatable bonds is 7. The molecular formula is C24H25F3N4O4. The van der Waals surface area contributed by atoms with Crippen LogP contribution in [0.25, 0.3) is 11.0 Å². The van der Waals surface area contributed by atoms with E-state index in [0.29, 0.717) is 18.4 Å². The van der Waals surface area contributed by atoms with E-state index in [2.05, 4.69) is 4.98 Å². The van der Waals surface area contributed by atoms with Gasteiger partial charge in [0.25, 0.3) is 0 Å². The zero-order valence-electron chi connectivity index (χ0n) is 18.8. The number of nitrogens with one attached hydrogen (secondary N) is 2. The fourth-order valence-electron chi connectivity index (χ4n) is 4.29. The summed E-state index contributed by atoms with van der Waals surface area (Å²) in [4.78, 5) is 41.3. The number of fused-ring (bicyclic) bond motifs is 1. The van der Waals surface area contributed by atoms with Crippen LogP contribution in [0.15, 0.2) is 59.4 Å². The molecule has 3 aromatic rings. The van der Waals surface area contributed by atoms with Gasteiger partial charge in [0.05, 0.1) is 24.2 Å². The van der Waals surface area contributed by atoms with E-state index in [9.17, 15) is 27.6 Å². The minimum atomic E-state index is -5.12. The van der Waals surface area contributed by atoms with Crippen LogP contribution in [0.1, 0.15) is 24.4 Å². The summed E-state index contributed by atoms with van der Waals surface area (Å²) in [5.74, 6) is -2.85. The molecule has 186 valence electrons. The molecule has 2 aromatic carbocycles. The molecular weight excluding hydrogens is 465 g/mol. The lowest BCUT2D eigenvalue weighted by molar-refractivity contribution is -0.175. The highest BCUT2D eigenvalue weighted by atomic mass is 19.4. The molecule has 1 unspecified atom stereocenters. The quantitative estimate of drug-likeness (QED) is 0.533. The van der Waals surface area contributed by atoms with E-state index in [1.54, 1.807) is 40.2 Å². The molecule has 2 amide bonds. The minimum Gasteiger partial charge on any atom is -0.374 e. The van der Waals surface area contributed by atoms with Gasteiger partial charge in [0.1, 0.15) is 6.04 Å². The molecule has 1 atom stereocenters. The summed E-state index contributed by atoms with van der Waals surface area (Å²) in [6.45, 7) is 0.133. The average Bonchev–Trinajstić information content (AvgIpc) is 3.18. The van der Waals surface area contributed by atoms with E-state index >= 15 is 0 Å². The number of H-pyrrole nitrogens is 1. The summed E-state index contributed by atoms with van der Waals surface area (Å²) in [6.07, 6.45) is -4.24. The maximum Gasteiger partial charge on any atom is 0.471 e. The Balaban J connectivity index is 1.42. The first-order valence-electron chi connectivity index (χ1n) is 11.2. The molecule has 1 aliphatic heterocycles. The van der Waals surface area contributed by atoms with Crippen molar-refractivity contribution in [2.45, 2.75) is 37.7 Å². The first kappa shape index (κ1) is 24.5. The number of hydrogen-bond donors (Lipinski definition) is 2. The van der Waals surface area contributed by atoms with Gasteiger partial charge in [-0.3, -0.25) is 14.2 Å². The van der Waals surface area contributed by atoms with Gasteiger partial charge in [0, 0.05) is 19.1 Å². The normalized spacial score (nSPS) is 15.8. The predicted octanol–water partition coefficient (Wildman–Crippen LogP) is 2.76. The summed E-state index contributed by atoms with van der Waals surface area (Å²) < 4.78 is 45.7. The highest BCUT2D eigenvalue weighted by Crippen LogP contribution is 2.25. The molecule has 0 bridgehead atoms.